The standard InChI is InChI=1S/C18H22N2O3/c21-16-13-19(12-14-5-2-1-3-6-14)17(22)20(16)15-7-10-23-18(11-15)8-4-9-18/h1-3,5-6,15H,4,7-13H2. The molecule has 0 bridgehead atoms. The lowest BCUT2D eigenvalue weighted by Crippen LogP contribution is -2.53. The van der Waals surface area contributed by atoms with Crippen molar-refractivity contribution in [1.82, 2.24) is 9.80 Å². The molecule has 0 aromatic heterocycles. The van der Waals surface area contributed by atoms with E-state index < -0.39 is 0 Å². The molecule has 0 radical (unpaired) electrons. The van der Waals surface area contributed by atoms with Gasteiger partial charge in [0, 0.05) is 19.2 Å². The minimum atomic E-state index is -0.139. The van der Waals surface area contributed by atoms with Crippen LogP contribution >= 0.6 is 0 Å². The molecule has 5 heteroatoms. The Morgan fingerprint density at radius 2 is 1.96 bits per heavy atom. The number of hydrogen-bond acceptors (Lipinski definition) is 3. The van der Waals surface area contributed by atoms with E-state index in [9.17, 15) is 9.59 Å². The molecular formula is C18H22N2O3. The third-order valence-electron chi connectivity index (χ3n) is 5.38. The van der Waals surface area contributed by atoms with E-state index in [1.165, 1.54) is 11.3 Å². The summed E-state index contributed by atoms with van der Waals surface area (Å²) in [6.45, 7) is 1.34. The van der Waals surface area contributed by atoms with Gasteiger partial charge in [0.15, 0.2) is 0 Å². The fourth-order valence-electron chi connectivity index (χ4n) is 4.00. The summed E-state index contributed by atoms with van der Waals surface area (Å²) in [6, 6.07) is 9.69. The first-order valence-corrected chi connectivity index (χ1v) is 8.46. The van der Waals surface area contributed by atoms with E-state index in [0.29, 0.717) is 13.2 Å². The predicted octanol–water partition coefficient (Wildman–Crippen LogP) is 2.55. The fourth-order valence-corrected chi connectivity index (χ4v) is 4.00. The van der Waals surface area contributed by atoms with Gasteiger partial charge in [-0.05, 0) is 37.7 Å². The van der Waals surface area contributed by atoms with E-state index in [0.717, 1.165) is 31.2 Å². The van der Waals surface area contributed by atoms with Crippen LogP contribution in [0.3, 0.4) is 0 Å². The van der Waals surface area contributed by atoms with Crippen molar-refractivity contribution in [3.63, 3.8) is 0 Å². The van der Waals surface area contributed by atoms with Gasteiger partial charge in [0.1, 0.15) is 6.54 Å². The van der Waals surface area contributed by atoms with Crippen LogP contribution in [-0.4, -0.2) is 46.5 Å². The van der Waals surface area contributed by atoms with Crippen molar-refractivity contribution in [3.8, 4) is 0 Å². The Morgan fingerprint density at radius 1 is 1.17 bits per heavy atom. The number of imide groups is 1. The molecule has 1 aromatic carbocycles. The Morgan fingerprint density at radius 3 is 2.65 bits per heavy atom. The maximum atomic E-state index is 12.7. The van der Waals surface area contributed by atoms with Gasteiger partial charge in [0.2, 0.25) is 0 Å². The average Bonchev–Trinajstić information content (AvgIpc) is 2.81. The molecule has 1 aliphatic carbocycles. The van der Waals surface area contributed by atoms with Crippen molar-refractivity contribution >= 4 is 11.9 Å². The van der Waals surface area contributed by atoms with Crippen molar-refractivity contribution in [3.05, 3.63) is 35.9 Å². The summed E-state index contributed by atoms with van der Waals surface area (Å²) in [5, 5.41) is 0. The number of ether oxygens (including phenoxy) is 1. The molecule has 3 aliphatic rings. The molecule has 1 aromatic rings. The van der Waals surface area contributed by atoms with Gasteiger partial charge < -0.3 is 9.64 Å². The quantitative estimate of drug-likeness (QED) is 0.806. The summed E-state index contributed by atoms with van der Waals surface area (Å²) in [6.07, 6.45) is 4.89. The molecule has 1 atom stereocenters. The number of hydrogen-bond donors (Lipinski definition) is 0. The topological polar surface area (TPSA) is 49.9 Å². The minimum absolute atomic E-state index is 0.00447. The molecule has 0 N–H and O–H groups in total. The lowest BCUT2D eigenvalue weighted by Gasteiger charge is -2.48. The van der Waals surface area contributed by atoms with Crippen LogP contribution in [0.15, 0.2) is 30.3 Å². The summed E-state index contributed by atoms with van der Waals surface area (Å²) in [7, 11) is 0. The summed E-state index contributed by atoms with van der Waals surface area (Å²) < 4.78 is 5.92. The Bertz CT molecular complexity index is 612. The van der Waals surface area contributed by atoms with Crippen LogP contribution in [0.1, 0.15) is 37.7 Å². The number of urea groups is 1. The van der Waals surface area contributed by atoms with Gasteiger partial charge in [-0.15, -0.1) is 0 Å². The normalized spacial score (nSPS) is 26.7. The van der Waals surface area contributed by atoms with Crippen LogP contribution < -0.4 is 0 Å². The van der Waals surface area contributed by atoms with Gasteiger partial charge >= 0.3 is 6.03 Å². The SMILES string of the molecule is O=C1CN(Cc2ccccc2)C(=O)N1C1CCOC2(CCC2)C1. The van der Waals surface area contributed by atoms with Gasteiger partial charge in [0.05, 0.1) is 5.60 Å². The second kappa shape index (κ2) is 5.64. The van der Waals surface area contributed by atoms with Crippen molar-refractivity contribution in [2.75, 3.05) is 13.2 Å². The molecule has 2 heterocycles. The molecule has 1 spiro atoms. The van der Waals surface area contributed by atoms with Crippen LogP contribution in [0.2, 0.25) is 0 Å². The van der Waals surface area contributed by atoms with Crippen LogP contribution in [0.5, 0.6) is 0 Å². The van der Waals surface area contributed by atoms with E-state index >= 15 is 0 Å². The second-order valence-electron chi connectivity index (χ2n) is 6.92. The smallest absolute Gasteiger partial charge is 0.327 e. The Kier molecular flexibility index (Phi) is 3.60. The Labute approximate surface area is 136 Å². The summed E-state index contributed by atoms with van der Waals surface area (Å²) in [5.74, 6) is -0.0627. The third-order valence-corrected chi connectivity index (χ3v) is 5.38. The van der Waals surface area contributed by atoms with Crippen molar-refractivity contribution in [1.29, 1.82) is 0 Å². The van der Waals surface area contributed by atoms with Gasteiger partial charge in [-0.1, -0.05) is 30.3 Å². The second-order valence-corrected chi connectivity index (χ2v) is 6.92. The minimum Gasteiger partial charge on any atom is -0.375 e. The van der Waals surface area contributed by atoms with Gasteiger partial charge in [0.25, 0.3) is 5.91 Å². The van der Waals surface area contributed by atoms with Gasteiger partial charge in [-0.25, -0.2) is 4.79 Å². The van der Waals surface area contributed by atoms with Crippen LogP contribution in [0, 0.1) is 0 Å². The zero-order chi connectivity index (χ0) is 15.9. The summed E-state index contributed by atoms with van der Waals surface area (Å²) in [5.41, 5.74) is 0.994. The first-order valence-electron chi connectivity index (χ1n) is 8.46. The first kappa shape index (κ1) is 14.7. The molecule has 1 unspecified atom stereocenters. The number of carbonyl (C=O) groups is 2. The monoisotopic (exact) mass is 314 g/mol. The number of carbonyl (C=O) groups excluding carboxylic acids is 2. The van der Waals surface area contributed by atoms with E-state index in [2.05, 4.69) is 0 Å². The summed E-state index contributed by atoms with van der Waals surface area (Å²) in [4.78, 5) is 28.3. The van der Waals surface area contributed by atoms with Crippen molar-refractivity contribution < 1.29 is 14.3 Å². The molecule has 1 saturated carbocycles. The Hall–Kier alpha value is -1.88. The molecule has 4 rings (SSSR count). The predicted molar refractivity (Wildman–Crippen MR) is 84.7 cm³/mol. The van der Waals surface area contributed by atoms with E-state index in [-0.39, 0.29) is 30.1 Å². The molecule has 2 aliphatic heterocycles. The number of amides is 3. The number of rotatable bonds is 3. The molecule has 122 valence electrons. The molecular weight excluding hydrogens is 292 g/mol. The first-order chi connectivity index (χ1) is 11.2. The fraction of sp³-hybridized carbons (Fsp3) is 0.556. The molecule has 3 fully saturated rings. The van der Waals surface area contributed by atoms with Crippen LogP contribution in [-0.2, 0) is 16.1 Å². The largest absolute Gasteiger partial charge is 0.375 e. The zero-order valence-corrected chi connectivity index (χ0v) is 13.2. The summed E-state index contributed by atoms with van der Waals surface area (Å²) >= 11 is 0. The number of benzene rings is 1. The average molecular weight is 314 g/mol. The highest BCUT2D eigenvalue weighted by atomic mass is 16.5. The van der Waals surface area contributed by atoms with Crippen molar-refractivity contribution in [2.45, 2.75) is 50.3 Å². The van der Waals surface area contributed by atoms with Gasteiger partial charge in [-0.2, -0.15) is 0 Å². The van der Waals surface area contributed by atoms with Crippen LogP contribution in [0.4, 0.5) is 4.79 Å². The van der Waals surface area contributed by atoms with E-state index in [1.54, 1.807) is 4.90 Å². The Balaban J connectivity index is 1.47. The molecule has 5 nitrogen and oxygen atoms in total. The zero-order valence-electron chi connectivity index (χ0n) is 13.2. The highest BCUT2D eigenvalue weighted by Crippen LogP contribution is 2.43. The van der Waals surface area contributed by atoms with Gasteiger partial charge in [-0.3, -0.25) is 9.69 Å². The molecule has 23 heavy (non-hydrogen) atoms. The number of nitrogens with zero attached hydrogens (tertiary/aromatic N) is 2. The highest BCUT2D eigenvalue weighted by Gasteiger charge is 2.48. The van der Waals surface area contributed by atoms with E-state index in [1.807, 2.05) is 30.3 Å². The maximum absolute atomic E-state index is 12.7. The maximum Gasteiger partial charge on any atom is 0.327 e. The lowest BCUT2D eigenvalue weighted by molar-refractivity contribution is -0.151. The van der Waals surface area contributed by atoms with Crippen molar-refractivity contribution in [2.24, 2.45) is 0 Å². The lowest BCUT2D eigenvalue weighted by atomic mass is 9.73. The van der Waals surface area contributed by atoms with E-state index in [4.69, 9.17) is 4.74 Å². The third kappa shape index (κ3) is 2.63. The van der Waals surface area contributed by atoms with Crippen LogP contribution in [0.25, 0.3) is 0 Å². The molecule has 2 saturated heterocycles. The highest BCUT2D eigenvalue weighted by molar-refractivity contribution is 6.02. The molecule has 3 amide bonds.